The average molecular weight is 277 g/mol. The molecule has 0 fully saturated rings. The summed E-state index contributed by atoms with van der Waals surface area (Å²) in [6, 6.07) is 1.32. The summed E-state index contributed by atoms with van der Waals surface area (Å²) in [4.78, 5) is 30.5. The lowest BCUT2D eigenvalue weighted by atomic mass is 9.93. The van der Waals surface area contributed by atoms with Crippen LogP contribution in [0, 0.1) is 0 Å². The van der Waals surface area contributed by atoms with Crippen LogP contribution < -0.4 is 10.7 Å². The first-order valence-electron chi connectivity index (χ1n) is 5.82. The van der Waals surface area contributed by atoms with Crippen LogP contribution in [-0.2, 0) is 5.41 Å². The number of H-pyrrole nitrogens is 1. The van der Waals surface area contributed by atoms with Crippen molar-refractivity contribution in [2.75, 3.05) is 5.32 Å². The second-order valence-corrected chi connectivity index (χ2v) is 6.02. The maximum Gasteiger partial charge on any atom is 0.262 e. The molecule has 0 unspecified atom stereocenters. The van der Waals surface area contributed by atoms with Gasteiger partial charge in [-0.05, 0) is 0 Å². The van der Waals surface area contributed by atoms with Gasteiger partial charge in [0, 0.05) is 29.3 Å². The van der Waals surface area contributed by atoms with Crippen molar-refractivity contribution in [3.8, 4) is 0 Å². The van der Waals surface area contributed by atoms with Gasteiger partial charge in [0.1, 0.15) is 5.56 Å². The van der Waals surface area contributed by atoms with Gasteiger partial charge < -0.3 is 4.98 Å². The number of nitrogens with zero attached hydrogens (tertiary/aromatic N) is 1. The molecule has 6 heteroatoms. The van der Waals surface area contributed by atoms with E-state index in [9.17, 15) is 9.59 Å². The van der Waals surface area contributed by atoms with Crippen molar-refractivity contribution < 1.29 is 4.79 Å². The number of carbonyl (C=O) groups excluding carboxylic acids is 1. The topological polar surface area (TPSA) is 74.8 Å². The Balaban J connectivity index is 2.19. The molecular weight excluding hydrogens is 262 g/mol. The predicted octanol–water partition coefficient (Wildman–Crippen LogP) is 2.38. The second-order valence-electron chi connectivity index (χ2n) is 5.16. The van der Waals surface area contributed by atoms with Crippen LogP contribution >= 0.6 is 11.3 Å². The van der Waals surface area contributed by atoms with Crippen molar-refractivity contribution in [2.24, 2.45) is 0 Å². The van der Waals surface area contributed by atoms with Gasteiger partial charge in [0.2, 0.25) is 0 Å². The molecule has 2 heterocycles. The number of thiazole rings is 1. The number of anilines is 1. The third kappa shape index (κ3) is 3.08. The summed E-state index contributed by atoms with van der Waals surface area (Å²) in [6.07, 6.45) is 2.87. The number of amides is 1. The molecule has 0 atom stereocenters. The molecule has 0 saturated heterocycles. The van der Waals surface area contributed by atoms with Crippen LogP contribution in [0.1, 0.15) is 36.8 Å². The number of aromatic amines is 1. The molecule has 2 aromatic rings. The smallest absolute Gasteiger partial charge is 0.262 e. The summed E-state index contributed by atoms with van der Waals surface area (Å²) in [5.74, 6) is -0.448. The molecule has 19 heavy (non-hydrogen) atoms. The lowest BCUT2D eigenvalue weighted by molar-refractivity contribution is 0.102. The summed E-state index contributed by atoms with van der Waals surface area (Å²) >= 11 is 1.35. The molecule has 0 aliphatic carbocycles. The Morgan fingerprint density at radius 3 is 2.74 bits per heavy atom. The van der Waals surface area contributed by atoms with E-state index in [0.29, 0.717) is 5.13 Å². The summed E-state index contributed by atoms with van der Waals surface area (Å²) in [5, 5.41) is 5.05. The Morgan fingerprint density at radius 1 is 1.42 bits per heavy atom. The van der Waals surface area contributed by atoms with Gasteiger partial charge in [-0.15, -0.1) is 11.3 Å². The van der Waals surface area contributed by atoms with Gasteiger partial charge in [-0.1, -0.05) is 20.8 Å². The van der Waals surface area contributed by atoms with Crippen LogP contribution in [0.5, 0.6) is 0 Å². The quantitative estimate of drug-likeness (QED) is 0.885. The highest BCUT2D eigenvalue weighted by atomic mass is 32.1. The zero-order valence-electron chi connectivity index (χ0n) is 11.0. The van der Waals surface area contributed by atoms with Gasteiger partial charge in [-0.3, -0.25) is 14.9 Å². The molecule has 0 saturated carbocycles. The van der Waals surface area contributed by atoms with E-state index in [1.54, 1.807) is 0 Å². The van der Waals surface area contributed by atoms with Crippen molar-refractivity contribution in [1.29, 1.82) is 0 Å². The number of pyridine rings is 1. The lowest BCUT2D eigenvalue weighted by Gasteiger charge is -2.14. The number of hydrogen-bond acceptors (Lipinski definition) is 4. The molecule has 100 valence electrons. The van der Waals surface area contributed by atoms with Gasteiger partial charge in [0.05, 0.1) is 5.69 Å². The molecular formula is C13H15N3O2S. The summed E-state index contributed by atoms with van der Waals surface area (Å²) < 4.78 is 0. The first kappa shape index (κ1) is 13.5. The van der Waals surface area contributed by atoms with Gasteiger partial charge >= 0.3 is 0 Å². The zero-order valence-corrected chi connectivity index (χ0v) is 11.8. The van der Waals surface area contributed by atoms with Gasteiger partial charge in [-0.25, -0.2) is 4.98 Å². The molecule has 0 aliphatic heterocycles. The molecule has 2 N–H and O–H groups in total. The first-order chi connectivity index (χ1) is 8.88. The number of nitrogens with one attached hydrogen (secondary N) is 2. The molecule has 0 aliphatic rings. The standard InChI is InChI=1S/C13H15N3O2S/c1-13(2,3)10-7-19-12(15-10)16-11(18)8-6-14-5-4-9(8)17/h4-7H,1-3H3,(H,14,17)(H,15,16,18). The van der Waals surface area contributed by atoms with Crippen LogP contribution in [0.4, 0.5) is 5.13 Å². The molecule has 2 aromatic heterocycles. The summed E-state index contributed by atoms with van der Waals surface area (Å²) in [6.45, 7) is 6.15. The Hall–Kier alpha value is -1.95. The second kappa shape index (κ2) is 4.97. The zero-order chi connectivity index (χ0) is 14.0. The van der Waals surface area contributed by atoms with E-state index >= 15 is 0 Å². The van der Waals surface area contributed by atoms with Crippen LogP contribution in [0.15, 0.2) is 28.6 Å². The van der Waals surface area contributed by atoms with E-state index in [-0.39, 0.29) is 16.4 Å². The fourth-order valence-electron chi connectivity index (χ4n) is 1.43. The molecule has 1 amide bonds. The van der Waals surface area contributed by atoms with Gasteiger partial charge in [0.25, 0.3) is 5.91 Å². The van der Waals surface area contributed by atoms with E-state index < -0.39 is 5.91 Å². The summed E-state index contributed by atoms with van der Waals surface area (Å²) in [5.41, 5.74) is 0.609. The Bertz CT molecular complexity index is 652. The maximum atomic E-state index is 11.9. The van der Waals surface area contributed by atoms with Crippen LogP contribution in [-0.4, -0.2) is 15.9 Å². The lowest BCUT2D eigenvalue weighted by Crippen LogP contribution is -2.21. The molecule has 5 nitrogen and oxygen atoms in total. The van der Waals surface area contributed by atoms with Crippen LogP contribution in [0.2, 0.25) is 0 Å². The Labute approximate surface area is 114 Å². The first-order valence-corrected chi connectivity index (χ1v) is 6.70. The Kier molecular flexibility index (Phi) is 3.53. The van der Waals surface area contributed by atoms with Crippen LogP contribution in [0.3, 0.4) is 0 Å². The minimum Gasteiger partial charge on any atom is -0.367 e. The van der Waals surface area contributed by atoms with E-state index in [2.05, 4.69) is 36.1 Å². The highest BCUT2D eigenvalue weighted by Crippen LogP contribution is 2.26. The monoisotopic (exact) mass is 277 g/mol. The Morgan fingerprint density at radius 2 is 2.16 bits per heavy atom. The van der Waals surface area contributed by atoms with Crippen molar-refractivity contribution in [2.45, 2.75) is 26.2 Å². The normalized spacial score (nSPS) is 11.3. The van der Waals surface area contributed by atoms with Crippen molar-refractivity contribution in [3.63, 3.8) is 0 Å². The van der Waals surface area contributed by atoms with Crippen molar-refractivity contribution >= 4 is 22.4 Å². The van der Waals surface area contributed by atoms with Gasteiger partial charge in [-0.2, -0.15) is 0 Å². The molecule has 0 spiro atoms. The molecule has 2 rings (SSSR count). The highest BCUT2D eigenvalue weighted by molar-refractivity contribution is 7.14. The number of aromatic nitrogens is 2. The molecule has 0 bridgehead atoms. The van der Waals surface area contributed by atoms with Crippen LogP contribution in [0.25, 0.3) is 0 Å². The third-order valence-electron chi connectivity index (χ3n) is 2.56. The fourth-order valence-corrected chi connectivity index (χ4v) is 2.37. The predicted molar refractivity (Wildman–Crippen MR) is 75.8 cm³/mol. The number of carbonyl (C=O) groups is 1. The van der Waals surface area contributed by atoms with E-state index in [0.717, 1.165) is 5.69 Å². The third-order valence-corrected chi connectivity index (χ3v) is 3.32. The number of hydrogen-bond donors (Lipinski definition) is 2. The van der Waals surface area contributed by atoms with Crippen molar-refractivity contribution in [3.05, 3.63) is 45.3 Å². The van der Waals surface area contributed by atoms with Crippen molar-refractivity contribution in [1.82, 2.24) is 9.97 Å². The molecule has 0 radical (unpaired) electrons. The summed E-state index contributed by atoms with van der Waals surface area (Å²) in [7, 11) is 0. The maximum absolute atomic E-state index is 11.9. The van der Waals surface area contributed by atoms with E-state index in [1.165, 1.54) is 29.8 Å². The number of rotatable bonds is 2. The fraction of sp³-hybridized carbons (Fsp3) is 0.308. The SMILES string of the molecule is CC(C)(C)c1csc(NC(=O)c2c[nH]ccc2=O)n1. The van der Waals surface area contributed by atoms with E-state index in [1.807, 2.05) is 5.38 Å². The minimum atomic E-state index is -0.448. The molecule has 0 aromatic carbocycles. The van der Waals surface area contributed by atoms with E-state index in [4.69, 9.17) is 0 Å². The largest absolute Gasteiger partial charge is 0.367 e. The van der Waals surface area contributed by atoms with Gasteiger partial charge in [0.15, 0.2) is 10.6 Å². The highest BCUT2D eigenvalue weighted by Gasteiger charge is 2.18. The minimum absolute atomic E-state index is 0.0658. The average Bonchev–Trinajstić information content (AvgIpc) is 2.77.